The number of amides is 1. The highest BCUT2D eigenvalue weighted by atomic mass is 35.5. The number of carbonyl (C=O) groups excluding carboxylic acids is 1. The number of hydrogen-bond acceptors (Lipinski definition) is 5. The Balaban J connectivity index is 1.59. The molecule has 1 aromatic carbocycles. The Morgan fingerprint density at radius 2 is 2.17 bits per heavy atom. The van der Waals surface area contributed by atoms with Crippen molar-refractivity contribution in [3.05, 3.63) is 41.3 Å². The molecule has 3 rings (SSSR count). The van der Waals surface area contributed by atoms with Gasteiger partial charge in [0, 0.05) is 30.7 Å². The van der Waals surface area contributed by atoms with Gasteiger partial charge in [-0.1, -0.05) is 17.7 Å². The molecule has 7 nitrogen and oxygen atoms in total. The lowest BCUT2D eigenvalue weighted by Gasteiger charge is -2.10. The Bertz CT molecular complexity index is 891. The van der Waals surface area contributed by atoms with Crippen molar-refractivity contribution in [3.8, 4) is 0 Å². The first kappa shape index (κ1) is 16.2. The van der Waals surface area contributed by atoms with Crippen LogP contribution in [-0.2, 0) is 11.8 Å². The summed E-state index contributed by atoms with van der Waals surface area (Å²) < 4.78 is 1.68. The van der Waals surface area contributed by atoms with Crippen LogP contribution in [-0.4, -0.2) is 32.2 Å². The summed E-state index contributed by atoms with van der Waals surface area (Å²) in [7, 11) is 1.82. The van der Waals surface area contributed by atoms with Crippen molar-refractivity contribution in [1.29, 1.82) is 0 Å². The summed E-state index contributed by atoms with van der Waals surface area (Å²) >= 11 is 6.05. The summed E-state index contributed by atoms with van der Waals surface area (Å²) in [4.78, 5) is 20.5. The highest BCUT2D eigenvalue weighted by molar-refractivity contribution is 6.31. The SMILES string of the molecule is Cc1c(Cl)cccc1NC(=O)CCNc1ncnc2c1cnn2C. The fourth-order valence-corrected chi connectivity index (χ4v) is 2.53. The van der Waals surface area contributed by atoms with Crippen LogP contribution < -0.4 is 10.6 Å². The Morgan fingerprint density at radius 1 is 1.33 bits per heavy atom. The monoisotopic (exact) mass is 344 g/mol. The molecule has 0 spiro atoms. The molecule has 2 N–H and O–H groups in total. The molecule has 0 aliphatic carbocycles. The number of rotatable bonds is 5. The molecule has 0 aliphatic heterocycles. The molecule has 0 bridgehead atoms. The van der Waals surface area contributed by atoms with Crippen molar-refractivity contribution in [2.45, 2.75) is 13.3 Å². The number of hydrogen-bond donors (Lipinski definition) is 2. The summed E-state index contributed by atoms with van der Waals surface area (Å²) in [6.45, 7) is 2.32. The second-order valence-corrected chi connectivity index (χ2v) is 5.77. The van der Waals surface area contributed by atoms with E-state index in [1.807, 2.05) is 26.1 Å². The molecule has 0 radical (unpaired) electrons. The molecule has 8 heteroatoms. The van der Waals surface area contributed by atoms with Crippen LogP contribution in [0.5, 0.6) is 0 Å². The maximum atomic E-state index is 12.1. The first-order valence-corrected chi connectivity index (χ1v) is 7.85. The van der Waals surface area contributed by atoms with Crippen LogP contribution in [0, 0.1) is 6.92 Å². The molecule has 0 unspecified atom stereocenters. The molecule has 0 saturated heterocycles. The summed E-state index contributed by atoms with van der Waals surface area (Å²) in [5.74, 6) is 0.573. The normalized spacial score (nSPS) is 10.8. The molecule has 0 aliphatic rings. The molecule has 0 saturated carbocycles. The van der Waals surface area contributed by atoms with E-state index in [1.54, 1.807) is 16.9 Å². The van der Waals surface area contributed by atoms with Gasteiger partial charge in [0.2, 0.25) is 5.91 Å². The summed E-state index contributed by atoms with van der Waals surface area (Å²) in [6.07, 6.45) is 3.48. The minimum absolute atomic E-state index is 0.0932. The quantitative estimate of drug-likeness (QED) is 0.743. The van der Waals surface area contributed by atoms with Gasteiger partial charge in [0.25, 0.3) is 0 Å². The molecule has 0 fully saturated rings. The average Bonchev–Trinajstić information content (AvgIpc) is 2.94. The maximum absolute atomic E-state index is 12.1. The molecule has 24 heavy (non-hydrogen) atoms. The average molecular weight is 345 g/mol. The summed E-state index contributed by atoms with van der Waals surface area (Å²) in [6, 6.07) is 5.43. The van der Waals surface area contributed by atoms with Crippen LogP contribution in [0.25, 0.3) is 11.0 Å². The zero-order valence-corrected chi connectivity index (χ0v) is 14.1. The van der Waals surface area contributed by atoms with Crippen molar-refractivity contribution in [2.75, 3.05) is 17.2 Å². The van der Waals surface area contributed by atoms with E-state index in [2.05, 4.69) is 25.7 Å². The Hall–Kier alpha value is -2.67. The number of anilines is 2. The number of carbonyl (C=O) groups is 1. The smallest absolute Gasteiger partial charge is 0.226 e. The van der Waals surface area contributed by atoms with E-state index in [9.17, 15) is 4.79 Å². The van der Waals surface area contributed by atoms with E-state index >= 15 is 0 Å². The van der Waals surface area contributed by atoms with E-state index in [0.29, 0.717) is 23.8 Å². The summed E-state index contributed by atoms with van der Waals surface area (Å²) in [5, 5.41) is 11.6. The van der Waals surface area contributed by atoms with Gasteiger partial charge in [-0.25, -0.2) is 9.97 Å². The van der Waals surface area contributed by atoms with Crippen molar-refractivity contribution in [3.63, 3.8) is 0 Å². The van der Waals surface area contributed by atoms with Gasteiger partial charge in [0.15, 0.2) is 5.65 Å². The molecule has 3 aromatic rings. The van der Waals surface area contributed by atoms with Crippen LogP contribution in [0.4, 0.5) is 11.5 Å². The zero-order chi connectivity index (χ0) is 17.1. The number of nitrogens with one attached hydrogen (secondary N) is 2. The Labute approximate surface area is 144 Å². The van der Waals surface area contributed by atoms with Gasteiger partial charge >= 0.3 is 0 Å². The van der Waals surface area contributed by atoms with Crippen molar-refractivity contribution in [2.24, 2.45) is 7.05 Å². The minimum Gasteiger partial charge on any atom is -0.369 e. The van der Waals surface area contributed by atoms with E-state index in [1.165, 1.54) is 6.33 Å². The molecule has 2 heterocycles. The lowest BCUT2D eigenvalue weighted by atomic mass is 10.2. The first-order chi connectivity index (χ1) is 11.6. The van der Waals surface area contributed by atoms with E-state index in [-0.39, 0.29) is 5.91 Å². The number of fused-ring (bicyclic) bond motifs is 1. The fraction of sp³-hybridized carbons (Fsp3) is 0.250. The molecule has 0 atom stereocenters. The second-order valence-electron chi connectivity index (χ2n) is 5.37. The lowest BCUT2D eigenvalue weighted by Crippen LogP contribution is -2.17. The van der Waals surface area contributed by atoms with E-state index < -0.39 is 0 Å². The van der Waals surface area contributed by atoms with Gasteiger partial charge in [-0.2, -0.15) is 5.10 Å². The van der Waals surface area contributed by atoms with Crippen molar-refractivity contribution < 1.29 is 4.79 Å². The fourth-order valence-electron chi connectivity index (χ4n) is 2.35. The predicted octanol–water partition coefficient (Wildman–Crippen LogP) is 2.77. The van der Waals surface area contributed by atoms with Crippen LogP contribution in [0.15, 0.2) is 30.7 Å². The topological polar surface area (TPSA) is 84.7 Å². The third kappa shape index (κ3) is 3.30. The van der Waals surface area contributed by atoms with Gasteiger partial charge < -0.3 is 10.6 Å². The molecular formula is C16H17ClN6O. The van der Waals surface area contributed by atoms with Crippen LogP contribution in [0.2, 0.25) is 5.02 Å². The Morgan fingerprint density at radius 3 is 3.00 bits per heavy atom. The van der Waals surface area contributed by atoms with Crippen LogP contribution >= 0.6 is 11.6 Å². The first-order valence-electron chi connectivity index (χ1n) is 7.48. The van der Waals surface area contributed by atoms with E-state index in [4.69, 9.17) is 11.6 Å². The number of benzene rings is 1. The lowest BCUT2D eigenvalue weighted by molar-refractivity contribution is -0.115. The highest BCUT2D eigenvalue weighted by Gasteiger charge is 2.09. The number of aryl methyl sites for hydroxylation is 1. The second kappa shape index (κ2) is 6.84. The van der Waals surface area contributed by atoms with Gasteiger partial charge in [-0.3, -0.25) is 9.48 Å². The summed E-state index contributed by atoms with van der Waals surface area (Å²) in [5.41, 5.74) is 2.32. The van der Waals surface area contributed by atoms with Gasteiger partial charge in [0.1, 0.15) is 12.1 Å². The largest absolute Gasteiger partial charge is 0.369 e. The number of aromatic nitrogens is 4. The Kier molecular flexibility index (Phi) is 4.61. The molecule has 1 amide bonds. The number of nitrogens with zero attached hydrogens (tertiary/aromatic N) is 4. The van der Waals surface area contributed by atoms with Crippen molar-refractivity contribution >= 4 is 40.0 Å². The van der Waals surface area contributed by atoms with E-state index in [0.717, 1.165) is 22.3 Å². The zero-order valence-electron chi connectivity index (χ0n) is 13.4. The van der Waals surface area contributed by atoms with Gasteiger partial charge in [0.05, 0.1) is 11.6 Å². The number of halogens is 1. The third-order valence-electron chi connectivity index (χ3n) is 3.72. The molecular weight excluding hydrogens is 328 g/mol. The van der Waals surface area contributed by atoms with Crippen LogP contribution in [0.1, 0.15) is 12.0 Å². The standard InChI is InChI=1S/C16H17ClN6O/c1-10-12(17)4-3-5-13(10)22-14(24)6-7-18-15-11-8-21-23(2)16(11)20-9-19-15/h3-5,8-9H,6-7H2,1-2H3,(H,22,24)(H,18,19,20). The molecule has 124 valence electrons. The third-order valence-corrected chi connectivity index (χ3v) is 4.13. The predicted molar refractivity (Wildman–Crippen MR) is 94.2 cm³/mol. The van der Waals surface area contributed by atoms with Gasteiger partial charge in [-0.05, 0) is 24.6 Å². The minimum atomic E-state index is -0.0932. The maximum Gasteiger partial charge on any atom is 0.226 e. The molecule has 2 aromatic heterocycles. The van der Waals surface area contributed by atoms with Gasteiger partial charge in [-0.15, -0.1) is 0 Å². The highest BCUT2D eigenvalue weighted by Crippen LogP contribution is 2.23. The van der Waals surface area contributed by atoms with Crippen molar-refractivity contribution in [1.82, 2.24) is 19.7 Å². The van der Waals surface area contributed by atoms with Crippen LogP contribution in [0.3, 0.4) is 0 Å².